The van der Waals surface area contributed by atoms with Gasteiger partial charge in [-0.25, -0.2) is 4.98 Å². The van der Waals surface area contributed by atoms with Gasteiger partial charge in [-0.15, -0.1) is 0 Å². The fourth-order valence-corrected chi connectivity index (χ4v) is 2.90. The lowest BCUT2D eigenvalue weighted by Gasteiger charge is -2.12. The van der Waals surface area contributed by atoms with E-state index >= 15 is 0 Å². The molecule has 0 unspecified atom stereocenters. The van der Waals surface area contributed by atoms with Crippen molar-refractivity contribution in [3.8, 4) is 5.75 Å². The topological polar surface area (TPSA) is 63.2 Å². The Kier molecular flexibility index (Phi) is 6.63. The van der Waals surface area contributed by atoms with Gasteiger partial charge in [-0.3, -0.25) is 4.79 Å². The number of nitrogens with zero attached hydrogens (tertiary/aromatic N) is 1. The summed E-state index contributed by atoms with van der Waals surface area (Å²) >= 11 is 0. The number of carbonyl (C=O) groups is 1. The highest BCUT2D eigenvalue weighted by Crippen LogP contribution is 2.27. The predicted octanol–water partition coefficient (Wildman–Crippen LogP) is 4.50. The van der Waals surface area contributed by atoms with Crippen molar-refractivity contribution < 1.29 is 9.53 Å². The number of aryl methyl sites for hydroxylation is 2. The van der Waals surface area contributed by atoms with E-state index in [1.165, 1.54) is 5.56 Å². The number of amides is 1. The first-order valence-corrected chi connectivity index (χ1v) is 9.35. The zero-order chi connectivity index (χ0) is 19.8. The Bertz CT molecular complexity index is 909. The normalized spacial score (nSPS) is 10.4. The molecule has 0 fully saturated rings. The van der Waals surface area contributed by atoms with Crippen molar-refractivity contribution in [2.24, 2.45) is 0 Å². The van der Waals surface area contributed by atoms with Crippen molar-refractivity contribution in [3.05, 3.63) is 83.6 Å². The number of pyridine rings is 1. The lowest BCUT2D eigenvalue weighted by molar-refractivity contribution is 0.0953. The number of nitrogens with one attached hydrogen (secondary N) is 2. The molecule has 0 spiro atoms. The Hall–Kier alpha value is -3.34. The Labute approximate surface area is 165 Å². The number of ether oxygens (including phenoxy) is 1. The maximum Gasteiger partial charge on any atom is 0.252 e. The van der Waals surface area contributed by atoms with Crippen LogP contribution in [0.2, 0.25) is 0 Å². The smallest absolute Gasteiger partial charge is 0.252 e. The number of benzene rings is 2. The number of hydrogen-bond acceptors (Lipinski definition) is 4. The van der Waals surface area contributed by atoms with E-state index in [1.54, 1.807) is 25.4 Å². The van der Waals surface area contributed by atoms with E-state index in [1.807, 2.05) is 43.3 Å². The molecule has 2 N–H and O–H groups in total. The predicted molar refractivity (Wildman–Crippen MR) is 112 cm³/mol. The van der Waals surface area contributed by atoms with Crippen molar-refractivity contribution in [3.63, 3.8) is 0 Å². The summed E-state index contributed by atoms with van der Waals surface area (Å²) in [6.07, 6.45) is 3.42. The molecule has 3 rings (SSSR count). The van der Waals surface area contributed by atoms with E-state index in [4.69, 9.17) is 4.74 Å². The minimum atomic E-state index is -0.111. The minimum absolute atomic E-state index is 0.111. The summed E-state index contributed by atoms with van der Waals surface area (Å²) in [6.45, 7) is 2.65. The fourth-order valence-electron chi connectivity index (χ4n) is 2.90. The maximum atomic E-state index is 12.3. The monoisotopic (exact) mass is 375 g/mol. The van der Waals surface area contributed by atoms with Crippen LogP contribution < -0.4 is 15.4 Å². The van der Waals surface area contributed by atoms with Gasteiger partial charge < -0.3 is 15.4 Å². The van der Waals surface area contributed by atoms with E-state index in [0.29, 0.717) is 17.9 Å². The molecule has 2 aromatic carbocycles. The highest BCUT2D eigenvalue weighted by molar-refractivity contribution is 5.94. The standard InChI is InChI=1S/C23H25N3O2/c1-17-10-12-21(28-2)20(15-17)26-22-13-11-19(16-25-22)23(27)24-14-6-9-18-7-4-3-5-8-18/h3-5,7-8,10-13,15-16H,6,9,14H2,1-2H3,(H,24,27)(H,25,26). The Balaban J connectivity index is 1.52. The van der Waals surface area contributed by atoms with E-state index < -0.39 is 0 Å². The molecule has 1 aromatic heterocycles. The molecule has 0 aliphatic heterocycles. The van der Waals surface area contributed by atoms with Crippen LogP contribution in [0.25, 0.3) is 0 Å². The minimum Gasteiger partial charge on any atom is -0.495 e. The van der Waals surface area contributed by atoms with E-state index in [9.17, 15) is 4.79 Å². The Morgan fingerprint density at radius 3 is 2.61 bits per heavy atom. The molecule has 1 amide bonds. The SMILES string of the molecule is COc1ccc(C)cc1Nc1ccc(C(=O)NCCCc2ccccc2)cn1. The molecule has 3 aromatic rings. The van der Waals surface area contributed by atoms with Crippen LogP contribution in [0.5, 0.6) is 5.75 Å². The summed E-state index contributed by atoms with van der Waals surface area (Å²) in [4.78, 5) is 16.6. The molecule has 0 aliphatic rings. The summed E-state index contributed by atoms with van der Waals surface area (Å²) in [5.41, 5.74) is 3.78. The van der Waals surface area contributed by atoms with Gasteiger partial charge in [-0.1, -0.05) is 36.4 Å². The summed E-state index contributed by atoms with van der Waals surface area (Å²) in [7, 11) is 1.63. The van der Waals surface area contributed by atoms with Crippen LogP contribution in [0.1, 0.15) is 27.9 Å². The fraction of sp³-hybridized carbons (Fsp3) is 0.217. The molecule has 28 heavy (non-hydrogen) atoms. The summed E-state index contributed by atoms with van der Waals surface area (Å²) in [5.74, 6) is 1.29. The first-order valence-electron chi connectivity index (χ1n) is 9.35. The Morgan fingerprint density at radius 2 is 1.89 bits per heavy atom. The van der Waals surface area contributed by atoms with Crippen molar-refractivity contribution >= 4 is 17.4 Å². The molecule has 0 bridgehead atoms. The van der Waals surface area contributed by atoms with Gasteiger partial charge in [-0.05, 0) is 55.2 Å². The van der Waals surface area contributed by atoms with Gasteiger partial charge in [0.15, 0.2) is 0 Å². The number of aromatic nitrogens is 1. The maximum absolute atomic E-state index is 12.3. The van der Waals surface area contributed by atoms with E-state index in [2.05, 4.69) is 27.8 Å². The van der Waals surface area contributed by atoms with Crippen molar-refractivity contribution in [1.82, 2.24) is 10.3 Å². The van der Waals surface area contributed by atoms with Crippen LogP contribution in [0.3, 0.4) is 0 Å². The van der Waals surface area contributed by atoms with Crippen LogP contribution in [-0.4, -0.2) is 24.5 Å². The highest BCUT2D eigenvalue weighted by Gasteiger charge is 2.08. The number of hydrogen-bond donors (Lipinski definition) is 2. The molecule has 0 atom stereocenters. The van der Waals surface area contributed by atoms with Crippen molar-refractivity contribution in [2.45, 2.75) is 19.8 Å². The lowest BCUT2D eigenvalue weighted by atomic mass is 10.1. The van der Waals surface area contributed by atoms with Gasteiger partial charge in [0.1, 0.15) is 11.6 Å². The molecule has 0 aliphatic carbocycles. The summed E-state index contributed by atoms with van der Waals surface area (Å²) in [5, 5.41) is 6.18. The largest absolute Gasteiger partial charge is 0.495 e. The van der Waals surface area contributed by atoms with Crippen LogP contribution >= 0.6 is 0 Å². The number of anilines is 2. The van der Waals surface area contributed by atoms with Crippen LogP contribution in [0, 0.1) is 6.92 Å². The number of methoxy groups -OCH3 is 1. The molecule has 0 saturated carbocycles. The molecule has 5 nitrogen and oxygen atoms in total. The van der Waals surface area contributed by atoms with Gasteiger partial charge >= 0.3 is 0 Å². The average Bonchev–Trinajstić information content (AvgIpc) is 2.72. The van der Waals surface area contributed by atoms with Crippen LogP contribution in [-0.2, 0) is 6.42 Å². The summed E-state index contributed by atoms with van der Waals surface area (Å²) in [6, 6.07) is 19.7. The van der Waals surface area contributed by atoms with Gasteiger partial charge in [-0.2, -0.15) is 0 Å². The molecule has 0 saturated heterocycles. The molecule has 0 radical (unpaired) electrons. The average molecular weight is 375 g/mol. The quantitative estimate of drug-likeness (QED) is 0.569. The summed E-state index contributed by atoms with van der Waals surface area (Å²) < 4.78 is 5.37. The van der Waals surface area contributed by atoms with Gasteiger partial charge in [0.2, 0.25) is 0 Å². The molecule has 5 heteroatoms. The molecular weight excluding hydrogens is 350 g/mol. The van der Waals surface area contributed by atoms with Gasteiger partial charge in [0.25, 0.3) is 5.91 Å². The molecule has 144 valence electrons. The zero-order valence-corrected chi connectivity index (χ0v) is 16.2. The molecular formula is C23H25N3O2. The third kappa shape index (κ3) is 5.33. The van der Waals surface area contributed by atoms with Crippen molar-refractivity contribution in [2.75, 3.05) is 19.0 Å². The second kappa shape index (κ2) is 9.55. The van der Waals surface area contributed by atoms with E-state index in [0.717, 1.165) is 29.8 Å². The van der Waals surface area contributed by atoms with Gasteiger partial charge in [0.05, 0.1) is 18.4 Å². The van der Waals surface area contributed by atoms with Crippen LogP contribution in [0.15, 0.2) is 66.9 Å². The molecule has 1 heterocycles. The highest BCUT2D eigenvalue weighted by atomic mass is 16.5. The number of rotatable bonds is 8. The first kappa shape index (κ1) is 19.4. The van der Waals surface area contributed by atoms with E-state index in [-0.39, 0.29) is 5.91 Å². The lowest BCUT2D eigenvalue weighted by Crippen LogP contribution is -2.24. The zero-order valence-electron chi connectivity index (χ0n) is 16.2. The second-order valence-corrected chi connectivity index (χ2v) is 6.61. The third-order valence-corrected chi connectivity index (χ3v) is 4.41. The first-order chi connectivity index (χ1) is 13.7. The number of carbonyl (C=O) groups excluding carboxylic acids is 1. The third-order valence-electron chi connectivity index (χ3n) is 4.41. The van der Waals surface area contributed by atoms with Crippen LogP contribution in [0.4, 0.5) is 11.5 Å². The van der Waals surface area contributed by atoms with Crippen molar-refractivity contribution in [1.29, 1.82) is 0 Å². The Morgan fingerprint density at radius 1 is 1.07 bits per heavy atom. The second-order valence-electron chi connectivity index (χ2n) is 6.61. The van der Waals surface area contributed by atoms with Gasteiger partial charge in [0, 0.05) is 12.7 Å².